The molecule has 0 saturated heterocycles. The molecular weight excluding hydrogens is 404 g/mol. The zero-order valence-electron chi connectivity index (χ0n) is 16.3. The number of ether oxygens (including phenoxy) is 1. The Morgan fingerprint density at radius 2 is 2.00 bits per heavy atom. The number of hydrogen-bond acceptors (Lipinski definition) is 5. The third kappa shape index (κ3) is 4.44. The Bertz CT molecular complexity index is 1300. The van der Waals surface area contributed by atoms with E-state index >= 15 is 0 Å². The van der Waals surface area contributed by atoms with Gasteiger partial charge in [-0.15, -0.1) is 0 Å². The number of benzene rings is 2. The van der Waals surface area contributed by atoms with E-state index in [-0.39, 0.29) is 12.2 Å². The van der Waals surface area contributed by atoms with Gasteiger partial charge in [-0.05, 0) is 42.7 Å². The highest BCUT2D eigenvalue weighted by Gasteiger charge is 2.09. The summed E-state index contributed by atoms with van der Waals surface area (Å²) in [4.78, 5) is 27.9. The number of halogens is 1. The van der Waals surface area contributed by atoms with Crippen LogP contribution in [0.3, 0.4) is 0 Å². The summed E-state index contributed by atoms with van der Waals surface area (Å²) in [6.07, 6.45) is 0.0310. The molecule has 0 aliphatic rings. The number of carbonyl (C=O) groups is 1. The van der Waals surface area contributed by atoms with Crippen molar-refractivity contribution in [3.8, 4) is 0 Å². The molecule has 0 fully saturated rings. The lowest BCUT2D eigenvalue weighted by molar-refractivity contribution is 0.140. The zero-order valence-corrected chi connectivity index (χ0v) is 17.0. The van der Waals surface area contributed by atoms with Crippen LogP contribution in [-0.2, 0) is 17.8 Å². The molecule has 4 aromatic rings. The molecule has 1 N–H and O–H groups in total. The first kappa shape index (κ1) is 19.9. The second-order valence-corrected chi connectivity index (χ2v) is 7.32. The van der Waals surface area contributed by atoms with E-state index in [0.29, 0.717) is 29.3 Å². The Hall–Kier alpha value is -3.38. The van der Waals surface area contributed by atoms with Gasteiger partial charge in [-0.1, -0.05) is 41.9 Å². The maximum absolute atomic E-state index is 12.0. The summed E-state index contributed by atoms with van der Waals surface area (Å²) in [5.74, 6) is 0. The molecule has 152 valence electrons. The maximum Gasteiger partial charge on any atom is 0.407 e. The van der Waals surface area contributed by atoms with Gasteiger partial charge >= 0.3 is 11.7 Å². The van der Waals surface area contributed by atoms with E-state index < -0.39 is 6.09 Å². The van der Waals surface area contributed by atoms with Crippen molar-refractivity contribution >= 4 is 39.6 Å². The van der Waals surface area contributed by atoms with Gasteiger partial charge in [0, 0.05) is 28.9 Å². The topological polar surface area (TPSA) is 81.4 Å². The van der Waals surface area contributed by atoms with E-state index in [0.717, 1.165) is 27.4 Å². The first-order valence-corrected chi connectivity index (χ1v) is 9.85. The lowest BCUT2D eigenvalue weighted by Gasteiger charge is -2.09. The summed E-state index contributed by atoms with van der Waals surface area (Å²) in [6.45, 7) is 2.28. The second-order valence-electron chi connectivity index (χ2n) is 6.96. The van der Waals surface area contributed by atoms with E-state index in [4.69, 9.17) is 20.8 Å². The quantitative estimate of drug-likeness (QED) is 0.370. The number of hydrogen-bond donors (Lipinski definition) is 1. The Balaban J connectivity index is 1.33. The summed E-state index contributed by atoms with van der Waals surface area (Å²) in [7, 11) is 0. The molecule has 2 aromatic heterocycles. The number of nitrogens with one attached hydrogen (secondary N) is 1. The van der Waals surface area contributed by atoms with Crippen molar-refractivity contribution in [2.75, 3.05) is 6.54 Å². The van der Waals surface area contributed by atoms with Crippen LogP contribution in [0.25, 0.3) is 21.9 Å². The highest BCUT2D eigenvalue weighted by atomic mass is 35.5. The highest BCUT2D eigenvalue weighted by Crippen LogP contribution is 2.21. The smallest absolute Gasteiger partial charge is 0.407 e. The van der Waals surface area contributed by atoms with Crippen molar-refractivity contribution in [3.05, 3.63) is 86.9 Å². The van der Waals surface area contributed by atoms with Gasteiger partial charge in [-0.3, -0.25) is 0 Å². The minimum absolute atomic E-state index is 0.0307. The van der Waals surface area contributed by atoms with E-state index in [1.807, 2.05) is 55.5 Å². The molecule has 30 heavy (non-hydrogen) atoms. The molecule has 0 atom stereocenters. The fraction of sp³-hybridized carbons (Fsp3) is 0.174. The fourth-order valence-corrected chi connectivity index (χ4v) is 3.47. The maximum atomic E-state index is 12.0. The normalized spacial score (nSPS) is 11.0. The van der Waals surface area contributed by atoms with Gasteiger partial charge < -0.3 is 14.5 Å². The largest absolute Gasteiger partial charge is 0.445 e. The van der Waals surface area contributed by atoms with Crippen molar-refractivity contribution in [2.45, 2.75) is 20.0 Å². The number of fused-ring (bicyclic) bond motifs is 2. The predicted octanol–water partition coefficient (Wildman–Crippen LogP) is 4.77. The molecule has 0 spiro atoms. The Morgan fingerprint density at radius 1 is 1.17 bits per heavy atom. The van der Waals surface area contributed by atoms with Gasteiger partial charge in [-0.25, -0.2) is 14.6 Å². The van der Waals surface area contributed by atoms with Crippen molar-refractivity contribution in [3.63, 3.8) is 0 Å². The molecule has 6 nitrogen and oxygen atoms in total. The zero-order chi connectivity index (χ0) is 21.1. The first-order chi connectivity index (χ1) is 14.5. The monoisotopic (exact) mass is 422 g/mol. The standard InChI is InChI=1S/C23H19ClN2O4/c1-14-10-21(27)30-20-11-15(6-7-18(14)20)8-9-25-23(28)29-13-17-12-16-4-2-3-5-19(16)26-22(17)24/h2-7,10-12H,8-9,13H2,1H3,(H,25,28). The average molecular weight is 423 g/mol. The first-order valence-electron chi connectivity index (χ1n) is 9.48. The van der Waals surface area contributed by atoms with Crippen LogP contribution in [0.5, 0.6) is 0 Å². The molecule has 0 unspecified atom stereocenters. The molecule has 2 heterocycles. The summed E-state index contributed by atoms with van der Waals surface area (Å²) >= 11 is 6.19. The van der Waals surface area contributed by atoms with Gasteiger partial charge in [0.15, 0.2) is 0 Å². The molecule has 0 aliphatic heterocycles. The molecule has 1 amide bonds. The van der Waals surface area contributed by atoms with Crippen LogP contribution in [0, 0.1) is 6.92 Å². The van der Waals surface area contributed by atoms with E-state index in [1.54, 1.807) is 0 Å². The van der Waals surface area contributed by atoms with Crippen LogP contribution in [0.1, 0.15) is 16.7 Å². The van der Waals surface area contributed by atoms with Gasteiger partial charge in [0.2, 0.25) is 0 Å². The number of aromatic nitrogens is 1. The van der Waals surface area contributed by atoms with Crippen LogP contribution in [-0.4, -0.2) is 17.6 Å². The second kappa shape index (κ2) is 8.55. The number of carbonyl (C=O) groups excluding carboxylic acids is 1. The number of amides is 1. The third-order valence-corrected chi connectivity index (χ3v) is 5.13. The van der Waals surface area contributed by atoms with E-state index in [1.165, 1.54) is 6.07 Å². The average Bonchev–Trinajstić information content (AvgIpc) is 2.72. The van der Waals surface area contributed by atoms with Gasteiger partial charge in [0.25, 0.3) is 0 Å². The summed E-state index contributed by atoms with van der Waals surface area (Å²) < 4.78 is 10.5. The number of para-hydroxylation sites is 1. The number of pyridine rings is 1. The van der Waals surface area contributed by atoms with Gasteiger partial charge in [-0.2, -0.15) is 0 Å². The Labute approximate surface area is 177 Å². The minimum atomic E-state index is -0.539. The van der Waals surface area contributed by atoms with E-state index in [2.05, 4.69) is 10.3 Å². The number of alkyl carbamates (subject to hydrolysis) is 1. The van der Waals surface area contributed by atoms with Crippen LogP contribution in [0.4, 0.5) is 4.79 Å². The molecule has 0 radical (unpaired) electrons. The fourth-order valence-electron chi connectivity index (χ4n) is 3.27. The van der Waals surface area contributed by atoms with Crippen molar-refractivity contribution < 1.29 is 13.9 Å². The number of nitrogens with zero attached hydrogens (tertiary/aromatic N) is 1. The lowest BCUT2D eigenvalue weighted by Crippen LogP contribution is -2.26. The summed E-state index contributed by atoms with van der Waals surface area (Å²) in [5, 5.41) is 4.85. The minimum Gasteiger partial charge on any atom is -0.445 e. The molecule has 0 aliphatic carbocycles. The molecule has 2 aromatic carbocycles. The SMILES string of the molecule is Cc1cc(=O)oc2cc(CCNC(=O)OCc3cc4ccccc4nc3Cl)ccc12. The Kier molecular flexibility index (Phi) is 5.68. The van der Waals surface area contributed by atoms with Crippen LogP contribution in [0.2, 0.25) is 5.15 Å². The molecule has 7 heteroatoms. The highest BCUT2D eigenvalue weighted by molar-refractivity contribution is 6.30. The van der Waals surface area contributed by atoms with Crippen molar-refractivity contribution in [1.29, 1.82) is 0 Å². The molecule has 0 saturated carbocycles. The van der Waals surface area contributed by atoms with Gasteiger partial charge in [0.1, 0.15) is 17.3 Å². The van der Waals surface area contributed by atoms with Gasteiger partial charge in [0.05, 0.1) is 5.52 Å². The summed E-state index contributed by atoms with van der Waals surface area (Å²) in [5.41, 5.74) is 3.41. The summed E-state index contributed by atoms with van der Waals surface area (Å²) in [6, 6.07) is 16.6. The number of rotatable bonds is 5. The predicted molar refractivity (Wildman–Crippen MR) is 116 cm³/mol. The molecule has 4 rings (SSSR count). The van der Waals surface area contributed by atoms with E-state index in [9.17, 15) is 9.59 Å². The van der Waals surface area contributed by atoms with Crippen LogP contribution < -0.4 is 10.9 Å². The van der Waals surface area contributed by atoms with Crippen LogP contribution in [0.15, 0.2) is 63.8 Å². The third-order valence-electron chi connectivity index (χ3n) is 4.81. The molecular formula is C23H19ClN2O4. The lowest BCUT2D eigenvalue weighted by atomic mass is 10.1. The Morgan fingerprint density at radius 3 is 2.87 bits per heavy atom. The van der Waals surface area contributed by atoms with Crippen LogP contribution >= 0.6 is 11.6 Å². The number of aryl methyl sites for hydroxylation is 1. The molecule has 0 bridgehead atoms. The van der Waals surface area contributed by atoms with Crippen molar-refractivity contribution in [2.24, 2.45) is 0 Å². The van der Waals surface area contributed by atoms with Crippen molar-refractivity contribution in [1.82, 2.24) is 10.3 Å².